The smallest absolute Gasteiger partial charge is 0.227 e. The van der Waals surface area contributed by atoms with Crippen molar-refractivity contribution >= 4 is 16.9 Å². The topological polar surface area (TPSA) is 56.6 Å². The molecule has 0 N–H and O–H groups in total. The minimum Gasteiger partial charge on any atom is -0.497 e. The van der Waals surface area contributed by atoms with Crippen molar-refractivity contribution < 1.29 is 14.3 Å². The van der Waals surface area contributed by atoms with E-state index in [-0.39, 0.29) is 17.9 Å². The van der Waals surface area contributed by atoms with Crippen molar-refractivity contribution in [2.45, 2.75) is 39.3 Å². The second-order valence-electron chi connectivity index (χ2n) is 7.96. The van der Waals surface area contributed by atoms with Crippen LogP contribution in [0, 0.1) is 12.8 Å². The fourth-order valence-electron chi connectivity index (χ4n) is 4.51. The molecule has 0 saturated carbocycles. The van der Waals surface area contributed by atoms with E-state index in [0.29, 0.717) is 6.54 Å². The van der Waals surface area contributed by atoms with Crippen molar-refractivity contribution in [3.8, 4) is 11.5 Å². The SMILES string of the molecule is COc1ccc(C2CCCN2C(=O)C(C)Cn2c(C)nc3ccccc32)c(OC)c1. The van der Waals surface area contributed by atoms with Crippen molar-refractivity contribution in [3.05, 3.63) is 53.9 Å². The lowest BCUT2D eigenvalue weighted by molar-refractivity contribution is -0.136. The number of likely N-dealkylation sites (tertiary alicyclic amines) is 1. The Morgan fingerprint density at radius 1 is 1.20 bits per heavy atom. The summed E-state index contributed by atoms with van der Waals surface area (Å²) in [6.07, 6.45) is 1.93. The number of amides is 1. The summed E-state index contributed by atoms with van der Waals surface area (Å²) in [5.41, 5.74) is 3.08. The van der Waals surface area contributed by atoms with E-state index in [0.717, 1.165) is 53.3 Å². The predicted molar refractivity (Wildman–Crippen MR) is 117 cm³/mol. The number of aryl methyl sites for hydroxylation is 1. The molecule has 1 aromatic heterocycles. The third-order valence-electron chi connectivity index (χ3n) is 6.06. The number of carbonyl (C=O) groups is 1. The molecule has 2 aromatic carbocycles. The van der Waals surface area contributed by atoms with E-state index in [9.17, 15) is 4.79 Å². The molecule has 1 fully saturated rings. The number of benzene rings is 2. The Labute approximate surface area is 177 Å². The Balaban J connectivity index is 1.57. The van der Waals surface area contributed by atoms with Gasteiger partial charge in [-0.2, -0.15) is 0 Å². The van der Waals surface area contributed by atoms with Crippen LogP contribution >= 0.6 is 0 Å². The lowest BCUT2D eigenvalue weighted by Gasteiger charge is -2.29. The van der Waals surface area contributed by atoms with Gasteiger partial charge >= 0.3 is 0 Å². The summed E-state index contributed by atoms with van der Waals surface area (Å²) in [5.74, 6) is 2.48. The van der Waals surface area contributed by atoms with Crippen molar-refractivity contribution in [1.29, 1.82) is 0 Å². The number of methoxy groups -OCH3 is 2. The summed E-state index contributed by atoms with van der Waals surface area (Å²) in [4.78, 5) is 20.1. The molecular formula is C24H29N3O3. The van der Waals surface area contributed by atoms with Crippen LogP contribution in [0.3, 0.4) is 0 Å². The molecule has 1 aliphatic rings. The zero-order valence-electron chi connectivity index (χ0n) is 18.1. The van der Waals surface area contributed by atoms with Gasteiger partial charge in [0.2, 0.25) is 5.91 Å². The monoisotopic (exact) mass is 407 g/mol. The van der Waals surface area contributed by atoms with E-state index in [2.05, 4.69) is 15.6 Å². The van der Waals surface area contributed by atoms with Gasteiger partial charge in [-0.25, -0.2) is 4.98 Å². The predicted octanol–water partition coefficient (Wildman–Crippen LogP) is 4.36. The van der Waals surface area contributed by atoms with E-state index in [1.54, 1.807) is 14.2 Å². The Morgan fingerprint density at radius 3 is 2.77 bits per heavy atom. The molecule has 4 rings (SSSR count). The number of hydrogen-bond donors (Lipinski definition) is 0. The number of nitrogens with zero attached hydrogens (tertiary/aromatic N) is 3. The highest BCUT2D eigenvalue weighted by atomic mass is 16.5. The standard InChI is InChI=1S/C24H29N3O3/c1-16(15-27-17(2)25-20-8-5-6-9-22(20)27)24(28)26-13-7-10-21(26)19-12-11-18(29-3)14-23(19)30-4/h5-6,8-9,11-12,14,16,21H,7,10,13,15H2,1-4H3. The maximum Gasteiger partial charge on any atom is 0.227 e. The van der Waals surface area contributed by atoms with E-state index < -0.39 is 0 Å². The molecular weight excluding hydrogens is 378 g/mol. The minimum absolute atomic E-state index is 0.0291. The van der Waals surface area contributed by atoms with Gasteiger partial charge in [0.05, 0.1) is 37.2 Å². The lowest BCUT2D eigenvalue weighted by atomic mass is 10.0. The van der Waals surface area contributed by atoms with Gasteiger partial charge in [0.25, 0.3) is 0 Å². The average molecular weight is 408 g/mol. The Bertz CT molecular complexity index is 1060. The Kier molecular flexibility index (Phi) is 5.66. The number of rotatable bonds is 6. The summed E-state index contributed by atoms with van der Waals surface area (Å²) in [6, 6.07) is 14.0. The van der Waals surface area contributed by atoms with Gasteiger partial charge in [-0.1, -0.05) is 19.1 Å². The molecule has 0 spiro atoms. The van der Waals surface area contributed by atoms with Crippen LogP contribution in [0.5, 0.6) is 11.5 Å². The van der Waals surface area contributed by atoms with Gasteiger partial charge in [0, 0.05) is 24.7 Å². The van der Waals surface area contributed by atoms with Crippen LogP contribution in [0.2, 0.25) is 0 Å². The highest BCUT2D eigenvalue weighted by molar-refractivity contribution is 5.80. The summed E-state index contributed by atoms with van der Waals surface area (Å²) < 4.78 is 13.1. The number of ether oxygens (including phenoxy) is 2. The summed E-state index contributed by atoms with van der Waals surface area (Å²) in [6.45, 7) is 5.40. The zero-order chi connectivity index (χ0) is 21.3. The van der Waals surface area contributed by atoms with Crippen LogP contribution in [-0.2, 0) is 11.3 Å². The molecule has 158 valence electrons. The van der Waals surface area contributed by atoms with E-state index in [1.807, 2.05) is 55.1 Å². The summed E-state index contributed by atoms with van der Waals surface area (Å²) in [5, 5.41) is 0. The molecule has 0 bridgehead atoms. The maximum atomic E-state index is 13.5. The third-order valence-corrected chi connectivity index (χ3v) is 6.06. The molecule has 1 saturated heterocycles. The van der Waals surface area contributed by atoms with Gasteiger partial charge in [-0.3, -0.25) is 4.79 Å². The Hall–Kier alpha value is -3.02. The molecule has 2 atom stereocenters. The molecule has 6 nitrogen and oxygen atoms in total. The lowest BCUT2D eigenvalue weighted by Crippen LogP contribution is -2.36. The molecule has 2 heterocycles. The number of aromatic nitrogens is 2. The molecule has 0 aliphatic carbocycles. The number of hydrogen-bond acceptors (Lipinski definition) is 4. The molecule has 2 unspecified atom stereocenters. The summed E-state index contributed by atoms with van der Waals surface area (Å²) in [7, 11) is 3.30. The number of para-hydroxylation sites is 2. The second-order valence-corrected chi connectivity index (χ2v) is 7.96. The van der Waals surface area contributed by atoms with E-state index in [1.165, 1.54) is 0 Å². The molecule has 30 heavy (non-hydrogen) atoms. The van der Waals surface area contributed by atoms with Crippen LogP contribution in [-0.4, -0.2) is 41.1 Å². The first-order valence-corrected chi connectivity index (χ1v) is 10.5. The third kappa shape index (κ3) is 3.62. The molecule has 6 heteroatoms. The molecule has 0 radical (unpaired) electrons. The molecule has 1 amide bonds. The fraction of sp³-hybridized carbons (Fsp3) is 0.417. The van der Waals surface area contributed by atoms with Gasteiger partial charge in [0.15, 0.2) is 0 Å². The average Bonchev–Trinajstić information content (AvgIpc) is 3.37. The van der Waals surface area contributed by atoms with Crippen LogP contribution in [0.25, 0.3) is 11.0 Å². The Morgan fingerprint density at radius 2 is 2.00 bits per heavy atom. The largest absolute Gasteiger partial charge is 0.497 e. The van der Waals surface area contributed by atoms with Crippen LogP contribution in [0.15, 0.2) is 42.5 Å². The van der Waals surface area contributed by atoms with Gasteiger partial charge < -0.3 is 18.9 Å². The first kappa shape index (κ1) is 20.3. The first-order chi connectivity index (χ1) is 14.5. The van der Waals surface area contributed by atoms with Gasteiger partial charge in [-0.15, -0.1) is 0 Å². The van der Waals surface area contributed by atoms with Gasteiger partial charge in [-0.05, 0) is 44.0 Å². The quantitative estimate of drug-likeness (QED) is 0.609. The number of imidazole rings is 1. The van der Waals surface area contributed by atoms with Crippen molar-refractivity contribution in [2.24, 2.45) is 5.92 Å². The van der Waals surface area contributed by atoms with Crippen LogP contribution < -0.4 is 9.47 Å². The molecule has 3 aromatic rings. The number of fused-ring (bicyclic) bond motifs is 1. The van der Waals surface area contributed by atoms with Crippen LogP contribution in [0.4, 0.5) is 0 Å². The van der Waals surface area contributed by atoms with E-state index >= 15 is 0 Å². The van der Waals surface area contributed by atoms with Crippen molar-refractivity contribution in [2.75, 3.05) is 20.8 Å². The van der Waals surface area contributed by atoms with Gasteiger partial charge in [0.1, 0.15) is 17.3 Å². The number of carbonyl (C=O) groups excluding carboxylic acids is 1. The summed E-state index contributed by atoms with van der Waals surface area (Å²) >= 11 is 0. The minimum atomic E-state index is -0.147. The maximum absolute atomic E-state index is 13.5. The second kappa shape index (κ2) is 8.38. The normalized spacial score (nSPS) is 17.3. The van der Waals surface area contributed by atoms with Crippen molar-refractivity contribution in [3.63, 3.8) is 0 Å². The highest BCUT2D eigenvalue weighted by Crippen LogP contribution is 2.39. The van der Waals surface area contributed by atoms with Crippen LogP contribution in [0.1, 0.15) is 37.2 Å². The van der Waals surface area contributed by atoms with E-state index in [4.69, 9.17) is 9.47 Å². The molecule has 1 aliphatic heterocycles. The first-order valence-electron chi connectivity index (χ1n) is 10.5. The fourth-order valence-corrected chi connectivity index (χ4v) is 4.51. The highest BCUT2D eigenvalue weighted by Gasteiger charge is 2.34. The van der Waals surface area contributed by atoms with Crippen molar-refractivity contribution in [1.82, 2.24) is 14.5 Å². The zero-order valence-corrected chi connectivity index (χ0v) is 18.1.